The first-order valence-corrected chi connectivity index (χ1v) is 11.1. The van der Waals surface area contributed by atoms with Gasteiger partial charge in [-0.05, 0) is 46.4 Å². The molecule has 8 heteroatoms. The number of aliphatic hydroxyl groups excluding tert-OH is 2. The van der Waals surface area contributed by atoms with E-state index in [9.17, 15) is 19.8 Å². The van der Waals surface area contributed by atoms with Gasteiger partial charge in [-0.25, -0.2) is 10.6 Å². The zero-order chi connectivity index (χ0) is 24.1. The summed E-state index contributed by atoms with van der Waals surface area (Å²) in [6.07, 6.45) is -2.74. The standard InChI is InChI=1S/C26H27N3O5/c27-29-25(32)17-11-9-16(10-12-17)24(31)23(30)13-14-28-26(33)34-15-22-20-7-3-1-5-18(20)19-6-2-4-8-21(19)22/h1-12,22-24,30-31H,13-15,27H2,(H,28,33)(H,29,32). The molecule has 0 spiro atoms. The van der Waals surface area contributed by atoms with E-state index in [1.807, 2.05) is 41.8 Å². The average Bonchev–Trinajstić information content (AvgIpc) is 3.20. The highest BCUT2D eigenvalue weighted by molar-refractivity contribution is 5.93. The molecule has 0 aliphatic heterocycles. The van der Waals surface area contributed by atoms with Gasteiger partial charge in [0.25, 0.3) is 5.91 Å². The van der Waals surface area contributed by atoms with Gasteiger partial charge in [0.1, 0.15) is 12.7 Å². The van der Waals surface area contributed by atoms with Gasteiger partial charge in [-0.2, -0.15) is 0 Å². The molecule has 0 bridgehead atoms. The number of carbonyl (C=O) groups is 2. The molecule has 8 nitrogen and oxygen atoms in total. The van der Waals surface area contributed by atoms with Crippen molar-refractivity contribution in [3.8, 4) is 11.1 Å². The fourth-order valence-corrected chi connectivity index (χ4v) is 4.27. The summed E-state index contributed by atoms with van der Waals surface area (Å²) in [5.74, 6) is 4.61. The quantitative estimate of drug-likeness (QED) is 0.199. The molecule has 1 aliphatic rings. The third-order valence-corrected chi connectivity index (χ3v) is 6.06. The number of rotatable bonds is 8. The monoisotopic (exact) mass is 461 g/mol. The smallest absolute Gasteiger partial charge is 0.407 e. The number of fused-ring (bicyclic) bond motifs is 3. The van der Waals surface area contributed by atoms with Crippen molar-refractivity contribution >= 4 is 12.0 Å². The van der Waals surface area contributed by atoms with Crippen molar-refractivity contribution in [1.29, 1.82) is 0 Å². The van der Waals surface area contributed by atoms with Crippen LogP contribution in [0.2, 0.25) is 0 Å². The molecule has 6 N–H and O–H groups in total. The van der Waals surface area contributed by atoms with Crippen LogP contribution in [0.5, 0.6) is 0 Å². The highest BCUT2D eigenvalue weighted by Crippen LogP contribution is 2.44. The van der Waals surface area contributed by atoms with E-state index >= 15 is 0 Å². The van der Waals surface area contributed by atoms with Crippen LogP contribution in [-0.2, 0) is 4.74 Å². The Morgan fingerprint density at radius 3 is 2.09 bits per heavy atom. The van der Waals surface area contributed by atoms with Crippen LogP contribution < -0.4 is 16.6 Å². The molecule has 3 aromatic carbocycles. The molecular formula is C26H27N3O5. The Labute approximate surface area is 197 Å². The molecule has 0 saturated heterocycles. The zero-order valence-electron chi connectivity index (χ0n) is 18.5. The van der Waals surface area contributed by atoms with Crippen LogP contribution in [0.1, 0.15) is 45.5 Å². The van der Waals surface area contributed by atoms with Gasteiger partial charge in [-0.3, -0.25) is 10.2 Å². The SMILES string of the molecule is NNC(=O)c1ccc(C(O)C(O)CCNC(=O)OCC2c3ccccc3-c3ccccc32)cc1. The van der Waals surface area contributed by atoms with Crippen LogP contribution in [-0.4, -0.2) is 41.5 Å². The number of ether oxygens (including phenoxy) is 1. The summed E-state index contributed by atoms with van der Waals surface area (Å²) in [6.45, 7) is 0.330. The van der Waals surface area contributed by atoms with Crippen LogP contribution in [0.4, 0.5) is 4.79 Å². The molecule has 0 aromatic heterocycles. The predicted molar refractivity (Wildman–Crippen MR) is 127 cm³/mol. The van der Waals surface area contributed by atoms with Gasteiger partial charge in [0.2, 0.25) is 0 Å². The van der Waals surface area contributed by atoms with E-state index in [1.54, 1.807) is 0 Å². The lowest BCUT2D eigenvalue weighted by molar-refractivity contribution is 0.0136. The molecule has 2 amide bonds. The summed E-state index contributed by atoms with van der Waals surface area (Å²) in [5, 5.41) is 23.3. The Balaban J connectivity index is 1.26. The van der Waals surface area contributed by atoms with Gasteiger partial charge in [0, 0.05) is 18.0 Å². The van der Waals surface area contributed by atoms with Crippen molar-refractivity contribution in [2.45, 2.75) is 24.5 Å². The Morgan fingerprint density at radius 1 is 0.912 bits per heavy atom. The number of carbonyl (C=O) groups excluding carboxylic acids is 2. The number of amides is 2. The van der Waals surface area contributed by atoms with E-state index in [4.69, 9.17) is 10.6 Å². The topological polar surface area (TPSA) is 134 Å². The highest BCUT2D eigenvalue weighted by Gasteiger charge is 2.29. The number of hydrogen-bond acceptors (Lipinski definition) is 6. The van der Waals surface area contributed by atoms with E-state index in [2.05, 4.69) is 17.4 Å². The fraction of sp³-hybridized carbons (Fsp3) is 0.231. The Hall–Kier alpha value is -3.72. The Bertz CT molecular complexity index is 1120. The number of nitrogens with two attached hydrogens (primary N) is 1. The number of alkyl carbamates (subject to hydrolysis) is 1. The van der Waals surface area contributed by atoms with Crippen LogP contribution in [0.3, 0.4) is 0 Å². The fourth-order valence-electron chi connectivity index (χ4n) is 4.27. The second kappa shape index (κ2) is 10.5. The molecule has 1 aliphatic carbocycles. The van der Waals surface area contributed by atoms with Crippen molar-refractivity contribution < 1.29 is 24.5 Å². The molecule has 0 radical (unpaired) electrons. The minimum absolute atomic E-state index is 0.0325. The van der Waals surface area contributed by atoms with E-state index < -0.39 is 24.2 Å². The normalized spacial score (nSPS) is 14.0. The van der Waals surface area contributed by atoms with Crippen molar-refractivity contribution in [2.24, 2.45) is 5.84 Å². The first-order chi connectivity index (χ1) is 16.5. The van der Waals surface area contributed by atoms with Crippen LogP contribution in [0.15, 0.2) is 72.8 Å². The lowest BCUT2D eigenvalue weighted by Gasteiger charge is -2.19. The average molecular weight is 462 g/mol. The van der Waals surface area contributed by atoms with Crippen molar-refractivity contribution in [3.05, 3.63) is 95.1 Å². The van der Waals surface area contributed by atoms with Crippen molar-refractivity contribution in [2.75, 3.05) is 13.2 Å². The lowest BCUT2D eigenvalue weighted by Crippen LogP contribution is -2.31. The molecule has 3 aromatic rings. The zero-order valence-corrected chi connectivity index (χ0v) is 18.5. The minimum atomic E-state index is -1.17. The molecular weight excluding hydrogens is 434 g/mol. The number of aliphatic hydroxyl groups is 2. The first kappa shape index (κ1) is 23.4. The summed E-state index contributed by atoms with van der Waals surface area (Å²) in [6, 6.07) is 22.3. The number of benzene rings is 3. The molecule has 2 unspecified atom stereocenters. The largest absolute Gasteiger partial charge is 0.449 e. The summed E-state index contributed by atoms with van der Waals surface area (Å²) < 4.78 is 5.47. The minimum Gasteiger partial charge on any atom is -0.449 e. The highest BCUT2D eigenvalue weighted by atomic mass is 16.5. The van der Waals surface area contributed by atoms with Crippen LogP contribution in [0, 0.1) is 0 Å². The van der Waals surface area contributed by atoms with E-state index in [1.165, 1.54) is 24.3 Å². The Morgan fingerprint density at radius 2 is 1.50 bits per heavy atom. The summed E-state index contributed by atoms with van der Waals surface area (Å²) in [4.78, 5) is 23.7. The van der Waals surface area contributed by atoms with Crippen molar-refractivity contribution in [1.82, 2.24) is 10.7 Å². The van der Waals surface area contributed by atoms with Gasteiger partial charge in [-0.15, -0.1) is 0 Å². The maximum atomic E-state index is 12.2. The third kappa shape index (κ3) is 4.94. The maximum absolute atomic E-state index is 12.2. The van der Waals surface area contributed by atoms with Crippen molar-refractivity contribution in [3.63, 3.8) is 0 Å². The predicted octanol–water partition coefficient (Wildman–Crippen LogP) is 2.61. The number of hydrazine groups is 1. The molecule has 0 heterocycles. The lowest BCUT2D eigenvalue weighted by atomic mass is 9.98. The molecule has 34 heavy (non-hydrogen) atoms. The number of nitrogens with one attached hydrogen (secondary N) is 2. The van der Waals surface area contributed by atoms with E-state index in [0.29, 0.717) is 11.1 Å². The first-order valence-electron chi connectivity index (χ1n) is 11.1. The summed E-state index contributed by atoms with van der Waals surface area (Å²) >= 11 is 0. The molecule has 0 saturated carbocycles. The molecule has 2 atom stereocenters. The van der Waals surface area contributed by atoms with Gasteiger partial charge < -0.3 is 20.3 Å². The van der Waals surface area contributed by atoms with E-state index in [0.717, 1.165) is 22.3 Å². The second-order valence-electron chi connectivity index (χ2n) is 8.15. The molecule has 176 valence electrons. The van der Waals surface area contributed by atoms with Gasteiger partial charge in [0.15, 0.2) is 0 Å². The third-order valence-electron chi connectivity index (χ3n) is 6.06. The van der Waals surface area contributed by atoms with Gasteiger partial charge in [-0.1, -0.05) is 60.7 Å². The summed E-state index contributed by atoms with van der Waals surface area (Å²) in [7, 11) is 0. The maximum Gasteiger partial charge on any atom is 0.407 e. The van der Waals surface area contributed by atoms with Gasteiger partial charge in [0.05, 0.1) is 6.10 Å². The second-order valence-corrected chi connectivity index (χ2v) is 8.15. The van der Waals surface area contributed by atoms with Crippen LogP contribution in [0.25, 0.3) is 11.1 Å². The Kier molecular flexibility index (Phi) is 7.22. The summed E-state index contributed by atoms with van der Waals surface area (Å²) in [5.41, 5.74) is 7.38. The van der Waals surface area contributed by atoms with E-state index in [-0.39, 0.29) is 25.5 Å². The van der Waals surface area contributed by atoms with Gasteiger partial charge >= 0.3 is 6.09 Å². The molecule has 0 fully saturated rings. The number of nitrogen functional groups attached to an aromatic ring is 1. The molecule has 4 rings (SSSR count). The number of hydrogen-bond donors (Lipinski definition) is 5. The van der Waals surface area contributed by atoms with Crippen LogP contribution >= 0.6 is 0 Å².